The molecule has 8 heteroatoms. The van der Waals surface area contributed by atoms with E-state index in [1.165, 1.54) is 25.1 Å². The predicted molar refractivity (Wildman–Crippen MR) is 91.7 cm³/mol. The Bertz CT molecular complexity index is 774. The maximum Gasteiger partial charge on any atom is 0.308 e. The van der Waals surface area contributed by atoms with Gasteiger partial charge in [0.05, 0.1) is 4.92 Å². The van der Waals surface area contributed by atoms with E-state index < -0.39 is 10.9 Å². The molecule has 1 amide bonds. The normalized spacial score (nSPS) is 9.96. The zero-order chi connectivity index (χ0) is 18.2. The van der Waals surface area contributed by atoms with E-state index in [2.05, 4.69) is 10.6 Å². The first kappa shape index (κ1) is 17.9. The van der Waals surface area contributed by atoms with Crippen LogP contribution in [0.5, 0.6) is 5.75 Å². The van der Waals surface area contributed by atoms with Gasteiger partial charge in [0.25, 0.3) is 11.6 Å². The Morgan fingerprint density at radius 3 is 2.40 bits per heavy atom. The van der Waals surface area contributed by atoms with Crippen LogP contribution in [0.3, 0.4) is 0 Å². The number of amides is 1. The van der Waals surface area contributed by atoms with Crippen molar-refractivity contribution in [2.75, 3.05) is 18.4 Å². The Morgan fingerprint density at radius 2 is 1.76 bits per heavy atom. The fourth-order valence-electron chi connectivity index (χ4n) is 2.10. The van der Waals surface area contributed by atoms with Gasteiger partial charge in [-0.15, -0.1) is 0 Å². The molecule has 0 aliphatic rings. The number of esters is 1. The van der Waals surface area contributed by atoms with Crippen molar-refractivity contribution in [3.05, 3.63) is 64.2 Å². The summed E-state index contributed by atoms with van der Waals surface area (Å²) in [6.07, 6.45) is 0. The van der Waals surface area contributed by atoms with Gasteiger partial charge in [0.15, 0.2) is 0 Å². The van der Waals surface area contributed by atoms with Crippen molar-refractivity contribution in [2.24, 2.45) is 0 Å². The van der Waals surface area contributed by atoms with Crippen LogP contribution in [0.1, 0.15) is 17.3 Å². The summed E-state index contributed by atoms with van der Waals surface area (Å²) in [5.41, 5.74) is 0.795. The number of anilines is 1. The second-order valence-electron chi connectivity index (χ2n) is 5.07. The van der Waals surface area contributed by atoms with Gasteiger partial charge in [-0.2, -0.15) is 0 Å². The first-order valence-corrected chi connectivity index (χ1v) is 7.51. The molecule has 0 saturated carbocycles. The van der Waals surface area contributed by atoms with Crippen molar-refractivity contribution in [3.63, 3.8) is 0 Å². The van der Waals surface area contributed by atoms with E-state index in [-0.39, 0.29) is 18.1 Å². The third-order valence-corrected chi connectivity index (χ3v) is 3.20. The van der Waals surface area contributed by atoms with Crippen LogP contribution in [-0.2, 0) is 4.79 Å². The molecule has 0 aliphatic carbocycles. The molecule has 0 saturated heterocycles. The summed E-state index contributed by atoms with van der Waals surface area (Å²) in [7, 11) is 0. The SMILES string of the molecule is CC(=O)Oc1ccc(C(=O)NCCNc2ccccc2[N+](=O)[O-])cc1. The molecule has 0 radical (unpaired) electrons. The molecule has 25 heavy (non-hydrogen) atoms. The highest BCUT2D eigenvalue weighted by Gasteiger charge is 2.11. The third kappa shape index (κ3) is 5.31. The van der Waals surface area contributed by atoms with Gasteiger partial charge in [-0.25, -0.2) is 0 Å². The van der Waals surface area contributed by atoms with Gasteiger partial charge in [-0.05, 0) is 30.3 Å². The number of benzene rings is 2. The van der Waals surface area contributed by atoms with Crippen LogP contribution >= 0.6 is 0 Å². The lowest BCUT2D eigenvalue weighted by molar-refractivity contribution is -0.384. The second-order valence-corrected chi connectivity index (χ2v) is 5.07. The van der Waals surface area contributed by atoms with Crippen molar-refractivity contribution in [3.8, 4) is 5.75 Å². The molecule has 2 rings (SSSR count). The van der Waals surface area contributed by atoms with Crippen molar-refractivity contribution in [1.29, 1.82) is 0 Å². The van der Waals surface area contributed by atoms with E-state index >= 15 is 0 Å². The molecule has 8 nitrogen and oxygen atoms in total. The van der Waals surface area contributed by atoms with Crippen LogP contribution in [-0.4, -0.2) is 29.9 Å². The van der Waals surface area contributed by atoms with E-state index in [4.69, 9.17) is 4.74 Å². The number of hydrogen-bond acceptors (Lipinski definition) is 6. The van der Waals surface area contributed by atoms with E-state index in [9.17, 15) is 19.7 Å². The smallest absolute Gasteiger partial charge is 0.308 e. The molecule has 0 fully saturated rings. The van der Waals surface area contributed by atoms with Crippen LogP contribution in [0.4, 0.5) is 11.4 Å². The minimum atomic E-state index is -0.467. The Morgan fingerprint density at radius 1 is 1.08 bits per heavy atom. The van der Waals surface area contributed by atoms with Gasteiger partial charge in [-0.3, -0.25) is 19.7 Å². The number of nitrogens with one attached hydrogen (secondary N) is 2. The number of nitro groups is 1. The van der Waals surface area contributed by atoms with Gasteiger partial charge in [-0.1, -0.05) is 12.1 Å². The Balaban J connectivity index is 1.83. The molecule has 0 bridgehead atoms. The highest BCUT2D eigenvalue weighted by Crippen LogP contribution is 2.22. The van der Waals surface area contributed by atoms with Crippen LogP contribution in [0, 0.1) is 10.1 Å². The molecule has 130 valence electrons. The summed E-state index contributed by atoms with van der Waals surface area (Å²) < 4.78 is 4.89. The zero-order valence-corrected chi connectivity index (χ0v) is 13.5. The molecular formula is C17H17N3O5. The number of carbonyl (C=O) groups is 2. The zero-order valence-electron chi connectivity index (χ0n) is 13.5. The van der Waals surface area contributed by atoms with Crippen molar-refractivity contribution >= 4 is 23.3 Å². The molecule has 0 heterocycles. The fraction of sp³-hybridized carbons (Fsp3) is 0.176. The van der Waals surface area contributed by atoms with Crippen molar-refractivity contribution in [2.45, 2.75) is 6.92 Å². The topological polar surface area (TPSA) is 111 Å². The number of rotatable bonds is 7. The number of carbonyl (C=O) groups excluding carboxylic acids is 2. The number of hydrogen-bond donors (Lipinski definition) is 2. The minimum absolute atomic E-state index is 0.0186. The van der Waals surface area contributed by atoms with E-state index in [0.29, 0.717) is 23.5 Å². The van der Waals surface area contributed by atoms with Gasteiger partial charge in [0.1, 0.15) is 11.4 Å². The lowest BCUT2D eigenvalue weighted by Crippen LogP contribution is -2.28. The maximum absolute atomic E-state index is 12.0. The number of nitro benzene ring substituents is 1. The molecule has 0 aromatic heterocycles. The van der Waals surface area contributed by atoms with Crippen LogP contribution < -0.4 is 15.4 Å². The maximum atomic E-state index is 12.0. The van der Waals surface area contributed by atoms with Gasteiger partial charge in [0, 0.05) is 31.6 Å². The quantitative estimate of drug-likeness (QED) is 0.262. The average Bonchev–Trinajstić information content (AvgIpc) is 2.59. The summed E-state index contributed by atoms with van der Waals surface area (Å²) in [6, 6.07) is 12.4. The Labute approximate surface area is 144 Å². The minimum Gasteiger partial charge on any atom is -0.427 e. The predicted octanol–water partition coefficient (Wildman–Crippen LogP) is 2.36. The summed E-state index contributed by atoms with van der Waals surface area (Å²) in [5.74, 6) is -0.362. The molecule has 0 spiro atoms. The van der Waals surface area contributed by atoms with E-state index in [0.717, 1.165) is 0 Å². The molecule has 2 aromatic carbocycles. The van der Waals surface area contributed by atoms with Crippen molar-refractivity contribution in [1.82, 2.24) is 5.32 Å². The monoisotopic (exact) mass is 343 g/mol. The average molecular weight is 343 g/mol. The molecular weight excluding hydrogens is 326 g/mol. The largest absolute Gasteiger partial charge is 0.427 e. The lowest BCUT2D eigenvalue weighted by Gasteiger charge is -2.09. The highest BCUT2D eigenvalue weighted by molar-refractivity contribution is 5.94. The highest BCUT2D eigenvalue weighted by atomic mass is 16.6. The molecule has 0 unspecified atom stereocenters. The summed E-state index contributed by atoms with van der Waals surface area (Å²) in [4.78, 5) is 33.3. The summed E-state index contributed by atoms with van der Waals surface area (Å²) in [6.45, 7) is 1.92. The van der Waals surface area contributed by atoms with Crippen LogP contribution in [0.2, 0.25) is 0 Å². The number of para-hydroxylation sites is 2. The third-order valence-electron chi connectivity index (χ3n) is 3.20. The van der Waals surface area contributed by atoms with Crippen LogP contribution in [0.15, 0.2) is 48.5 Å². The van der Waals surface area contributed by atoms with Crippen LogP contribution in [0.25, 0.3) is 0 Å². The molecule has 2 N–H and O–H groups in total. The molecule has 0 aliphatic heterocycles. The number of nitrogens with zero attached hydrogens (tertiary/aromatic N) is 1. The lowest BCUT2D eigenvalue weighted by atomic mass is 10.2. The summed E-state index contributed by atoms with van der Waals surface area (Å²) in [5, 5.41) is 16.5. The van der Waals surface area contributed by atoms with Gasteiger partial charge in [0.2, 0.25) is 0 Å². The molecule has 2 aromatic rings. The first-order chi connectivity index (χ1) is 12.0. The standard InChI is InChI=1S/C17H17N3O5/c1-12(21)25-14-8-6-13(7-9-14)17(22)19-11-10-18-15-4-2-3-5-16(15)20(23)24/h2-9,18H,10-11H2,1H3,(H,19,22). The van der Waals surface area contributed by atoms with Crippen molar-refractivity contribution < 1.29 is 19.2 Å². The van der Waals surface area contributed by atoms with Gasteiger partial charge >= 0.3 is 5.97 Å². The number of ether oxygens (including phenoxy) is 1. The van der Waals surface area contributed by atoms with E-state index in [1.54, 1.807) is 30.3 Å². The Hall–Kier alpha value is -3.42. The summed E-state index contributed by atoms with van der Waals surface area (Å²) >= 11 is 0. The van der Waals surface area contributed by atoms with Gasteiger partial charge < -0.3 is 15.4 Å². The first-order valence-electron chi connectivity index (χ1n) is 7.51. The van der Waals surface area contributed by atoms with E-state index in [1.807, 2.05) is 0 Å². The fourth-order valence-corrected chi connectivity index (χ4v) is 2.10. The second kappa shape index (κ2) is 8.44. The molecule has 0 atom stereocenters. The Kier molecular flexibility index (Phi) is 6.05.